The maximum Gasteiger partial charge on any atom is 0.319 e. The normalized spacial score (nSPS) is 9.65. The van der Waals surface area contributed by atoms with Crippen molar-refractivity contribution in [2.45, 2.75) is 12.8 Å². The Kier molecular flexibility index (Phi) is 4.80. The minimum atomic E-state index is -0.895. The van der Waals surface area contributed by atoms with Crippen molar-refractivity contribution in [3.8, 4) is 5.75 Å². The van der Waals surface area contributed by atoms with Crippen LogP contribution in [0.25, 0.3) is 0 Å². The lowest BCUT2D eigenvalue weighted by Crippen LogP contribution is -2.29. The predicted molar refractivity (Wildman–Crippen MR) is 62.0 cm³/mol. The number of carboxylic acid groups (broad SMARTS) is 1. The number of nitrogens with one attached hydrogen (secondary N) is 2. The van der Waals surface area contributed by atoms with Gasteiger partial charge in [0.15, 0.2) is 0 Å². The van der Waals surface area contributed by atoms with Crippen molar-refractivity contribution in [1.82, 2.24) is 5.32 Å². The Balaban J connectivity index is 2.30. The van der Waals surface area contributed by atoms with Crippen LogP contribution in [0, 0.1) is 0 Å². The van der Waals surface area contributed by atoms with Gasteiger partial charge >= 0.3 is 12.0 Å². The van der Waals surface area contributed by atoms with E-state index < -0.39 is 12.0 Å². The number of carbonyl (C=O) groups excluding carboxylic acids is 1. The van der Waals surface area contributed by atoms with Crippen molar-refractivity contribution in [2.24, 2.45) is 0 Å². The molecule has 0 aliphatic heterocycles. The maximum absolute atomic E-state index is 11.3. The predicted octanol–water partition coefficient (Wildman–Crippen LogP) is 1.38. The van der Waals surface area contributed by atoms with Gasteiger partial charge in [0.1, 0.15) is 5.75 Å². The summed E-state index contributed by atoms with van der Waals surface area (Å²) in [5.74, 6) is -0.916. The van der Waals surface area contributed by atoms with Gasteiger partial charge in [-0.3, -0.25) is 4.79 Å². The Morgan fingerprint density at radius 1 is 1.24 bits per heavy atom. The van der Waals surface area contributed by atoms with Crippen molar-refractivity contribution >= 4 is 17.7 Å². The van der Waals surface area contributed by atoms with E-state index in [1.807, 2.05) is 0 Å². The van der Waals surface area contributed by atoms with Crippen LogP contribution in [0.4, 0.5) is 10.5 Å². The fraction of sp³-hybridized carbons (Fsp3) is 0.273. The number of para-hydroxylation sites is 2. The Hall–Kier alpha value is -2.24. The lowest BCUT2D eigenvalue weighted by Gasteiger charge is -2.08. The number of carboxylic acids is 1. The number of urea groups is 1. The third kappa shape index (κ3) is 4.87. The second-order valence-electron chi connectivity index (χ2n) is 3.40. The van der Waals surface area contributed by atoms with Crippen LogP contribution in [0.1, 0.15) is 12.8 Å². The van der Waals surface area contributed by atoms with Crippen molar-refractivity contribution in [1.29, 1.82) is 0 Å². The molecule has 0 aliphatic rings. The molecule has 0 radical (unpaired) electrons. The fourth-order valence-corrected chi connectivity index (χ4v) is 1.19. The first kappa shape index (κ1) is 12.8. The Morgan fingerprint density at radius 2 is 1.94 bits per heavy atom. The first-order chi connectivity index (χ1) is 8.09. The van der Waals surface area contributed by atoms with Crippen molar-refractivity contribution in [2.75, 3.05) is 11.9 Å². The summed E-state index contributed by atoms with van der Waals surface area (Å²) in [6.07, 6.45) is 0.375. The van der Waals surface area contributed by atoms with E-state index in [9.17, 15) is 14.7 Å². The van der Waals surface area contributed by atoms with Crippen molar-refractivity contribution in [3.63, 3.8) is 0 Å². The highest BCUT2D eigenvalue weighted by atomic mass is 16.4. The largest absolute Gasteiger partial charge is 0.506 e. The molecule has 0 unspecified atom stereocenters. The highest BCUT2D eigenvalue weighted by Gasteiger charge is 2.04. The number of phenolic OH excluding ortho intramolecular Hbond substituents is 1. The van der Waals surface area contributed by atoms with Crippen molar-refractivity contribution < 1.29 is 19.8 Å². The highest BCUT2D eigenvalue weighted by Crippen LogP contribution is 2.20. The quantitative estimate of drug-likeness (QED) is 0.460. The Bertz CT molecular complexity index is 406. The van der Waals surface area contributed by atoms with Crippen LogP contribution in [-0.4, -0.2) is 28.8 Å². The molecule has 1 rings (SSSR count). The Labute approximate surface area is 98.3 Å². The van der Waals surface area contributed by atoms with Crippen molar-refractivity contribution in [3.05, 3.63) is 24.3 Å². The van der Waals surface area contributed by atoms with Gasteiger partial charge in [-0.15, -0.1) is 0 Å². The molecule has 92 valence electrons. The second-order valence-corrected chi connectivity index (χ2v) is 3.40. The number of amides is 2. The number of carbonyl (C=O) groups is 2. The molecular weight excluding hydrogens is 224 g/mol. The molecule has 17 heavy (non-hydrogen) atoms. The molecule has 0 spiro atoms. The molecule has 6 heteroatoms. The Morgan fingerprint density at radius 3 is 2.59 bits per heavy atom. The lowest BCUT2D eigenvalue weighted by atomic mass is 10.3. The highest BCUT2D eigenvalue weighted by molar-refractivity contribution is 5.90. The minimum absolute atomic E-state index is 0.0108. The number of aromatic hydroxyl groups is 1. The van der Waals surface area contributed by atoms with E-state index >= 15 is 0 Å². The summed E-state index contributed by atoms with van der Waals surface area (Å²) in [6.45, 7) is 0.270. The smallest absolute Gasteiger partial charge is 0.319 e. The monoisotopic (exact) mass is 238 g/mol. The van der Waals surface area contributed by atoms with Gasteiger partial charge in [-0.05, 0) is 18.6 Å². The van der Waals surface area contributed by atoms with Crippen LogP contribution in [0.2, 0.25) is 0 Å². The summed E-state index contributed by atoms with van der Waals surface area (Å²) in [7, 11) is 0. The summed E-state index contributed by atoms with van der Waals surface area (Å²) in [6, 6.07) is 5.87. The number of hydrogen-bond donors (Lipinski definition) is 4. The number of anilines is 1. The molecule has 0 saturated carbocycles. The van der Waals surface area contributed by atoms with Gasteiger partial charge in [0.05, 0.1) is 5.69 Å². The van der Waals surface area contributed by atoms with Crippen LogP contribution in [0.15, 0.2) is 24.3 Å². The molecule has 0 atom stereocenters. The fourth-order valence-electron chi connectivity index (χ4n) is 1.19. The van der Waals surface area contributed by atoms with E-state index in [-0.39, 0.29) is 18.7 Å². The van der Waals surface area contributed by atoms with E-state index in [4.69, 9.17) is 5.11 Å². The zero-order valence-electron chi connectivity index (χ0n) is 9.14. The number of benzene rings is 1. The summed E-state index contributed by atoms with van der Waals surface area (Å²) in [5, 5.41) is 22.7. The zero-order chi connectivity index (χ0) is 12.7. The molecule has 2 amide bonds. The first-order valence-corrected chi connectivity index (χ1v) is 5.14. The summed E-state index contributed by atoms with van der Waals surface area (Å²) in [4.78, 5) is 21.5. The number of rotatable bonds is 5. The molecule has 0 aromatic heterocycles. The molecule has 4 N–H and O–H groups in total. The second kappa shape index (κ2) is 6.37. The van der Waals surface area contributed by atoms with E-state index in [1.54, 1.807) is 18.2 Å². The standard InChI is InChI=1S/C11H14N2O4/c14-9-5-2-1-4-8(9)13-11(17)12-7-3-6-10(15)16/h1-2,4-5,14H,3,6-7H2,(H,15,16)(H2,12,13,17). The molecule has 0 bridgehead atoms. The summed E-state index contributed by atoms with van der Waals surface area (Å²) >= 11 is 0. The van der Waals surface area contributed by atoms with E-state index in [0.717, 1.165) is 0 Å². The SMILES string of the molecule is O=C(O)CCCNC(=O)Nc1ccccc1O. The van der Waals surface area contributed by atoms with Crippen LogP contribution in [0.5, 0.6) is 5.75 Å². The topological polar surface area (TPSA) is 98.7 Å². The molecule has 6 nitrogen and oxygen atoms in total. The summed E-state index contributed by atoms with van der Waals surface area (Å²) < 4.78 is 0. The van der Waals surface area contributed by atoms with Gasteiger partial charge in [0, 0.05) is 13.0 Å². The molecule has 0 aliphatic carbocycles. The third-order valence-electron chi connectivity index (χ3n) is 2.01. The first-order valence-electron chi connectivity index (χ1n) is 5.14. The van der Waals surface area contributed by atoms with Crippen LogP contribution < -0.4 is 10.6 Å². The average molecular weight is 238 g/mol. The lowest BCUT2D eigenvalue weighted by molar-refractivity contribution is -0.137. The van der Waals surface area contributed by atoms with E-state index in [2.05, 4.69) is 10.6 Å². The molecule has 1 aromatic rings. The molecule has 0 heterocycles. The zero-order valence-corrected chi connectivity index (χ0v) is 9.14. The molecule has 0 fully saturated rings. The van der Waals surface area contributed by atoms with Gasteiger partial charge in [-0.1, -0.05) is 12.1 Å². The van der Waals surface area contributed by atoms with Gasteiger partial charge in [-0.2, -0.15) is 0 Å². The van der Waals surface area contributed by atoms with Gasteiger partial charge in [0.25, 0.3) is 0 Å². The van der Waals surface area contributed by atoms with Crippen LogP contribution in [-0.2, 0) is 4.79 Å². The minimum Gasteiger partial charge on any atom is -0.506 e. The van der Waals surface area contributed by atoms with Crippen LogP contribution in [0.3, 0.4) is 0 Å². The summed E-state index contributed by atoms with van der Waals surface area (Å²) in [5.41, 5.74) is 0.309. The number of aliphatic carboxylic acids is 1. The number of hydrogen-bond acceptors (Lipinski definition) is 3. The van der Waals surface area contributed by atoms with E-state index in [0.29, 0.717) is 12.1 Å². The van der Waals surface area contributed by atoms with Gasteiger partial charge in [0.2, 0.25) is 0 Å². The third-order valence-corrected chi connectivity index (χ3v) is 2.01. The van der Waals surface area contributed by atoms with E-state index in [1.165, 1.54) is 6.07 Å². The van der Waals surface area contributed by atoms with Gasteiger partial charge in [-0.25, -0.2) is 4.79 Å². The molecular formula is C11H14N2O4. The average Bonchev–Trinajstić information content (AvgIpc) is 2.27. The van der Waals surface area contributed by atoms with Gasteiger partial charge < -0.3 is 20.8 Å². The van der Waals surface area contributed by atoms with Crippen LogP contribution >= 0.6 is 0 Å². The molecule has 1 aromatic carbocycles. The number of phenols is 1. The maximum atomic E-state index is 11.3. The molecule has 0 saturated heterocycles.